The summed E-state index contributed by atoms with van der Waals surface area (Å²) < 4.78 is 5.97. The summed E-state index contributed by atoms with van der Waals surface area (Å²) in [6.45, 7) is 6.32. The molecule has 3 aromatic rings. The van der Waals surface area contributed by atoms with E-state index in [4.69, 9.17) is 10.2 Å². The second-order valence-corrected chi connectivity index (χ2v) is 5.69. The molecule has 0 aliphatic carbocycles. The highest BCUT2D eigenvalue weighted by atomic mass is 16.3. The maximum absolute atomic E-state index is 6.58. The molecule has 2 N–H and O–H groups in total. The molecule has 0 saturated carbocycles. The van der Waals surface area contributed by atoms with E-state index in [0.717, 1.165) is 34.3 Å². The van der Waals surface area contributed by atoms with Crippen LogP contribution >= 0.6 is 0 Å². The fourth-order valence-corrected chi connectivity index (χ4v) is 3.08. The Hall–Kier alpha value is -2.06. The van der Waals surface area contributed by atoms with Gasteiger partial charge in [0.15, 0.2) is 0 Å². The summed E-state index contributed by atoms with van der Waals surface area (Å²) in [5.41, 5.74) is 12.3. The molecular weight excluding hydrogens is 258 g/mol. The summed E-state index contributed by atoms with van der Waals surface area (Å²) in [6.07, 6.45) is 0.850. The number of hydrogen-bond acceptors (Lipinski definition) is 2. The van der Waals surface area contributed by atoms with Crippen LogP contribution in [0.5, 0.6) is 0 Å². The first-order valence-electron chi connectivity index (χ1n) is 7.44. The van der Waals surface area contributed by atoms with E-state index in [0.29, 0.717) is 0 Å². The predicted octanol–water partition coefficient (Wildman–Crippen LogP) is 4.66. The van der Waals surface area contributed by atoms with Crippen LogP contribution in [-0.2, 0) is 6.42 Å². The van der Waals surface area contributed by atoms with Gasteiger partial charge in [0.2, 0.25) is 0 Å². The summed E-state index contributed by atoms with van der Waals surface area (Å²) in [5.74, 6) is 0.989. The molecule has 0 spiro atoms. The zero-order chi connectivity index (χ0) is 15.0. The van der Waals surface area contributed by atoms with Crippen LogP contribution < -0.4 is 5.73 Å². The average Bonchev–Trinajstić information content (AvgIpc) is 2.83. The maximum Gasteiger partial charge on any atom is 0.134 e. The summed E-state index contributed by atoms with van der Waals surface area (Å²) in [6, 6.07) is 14.5. The third kappa shape index (κ3) is 2.47. The molecule has 21 heavy (non-hydrogen) atoms. The van der Waals surface area contributed by atoms with Gasteiger partial charge < -0.3 is 10.2 Å². The molecule has 2 aromatic carbocycles. The molecule has 2 nitrogen and oxygen atoms in total. The summed E-state index contributed by atoms with van der Waals surface area (Å²) in [4.78, 5) is 0. The van der Waals surface area contributed by atoms with Crippen molar-refractivity contribution in [2.24, 2.45) is 5.73 Å². The van der Waals surface area contributed by atoms with E-state index in [-0.39, 0.29) is 6.04 Å². The molecule has 1 heterocycles. The van der Waals surface area contributed by atoms with Crippen molar-refractivity contribution >= 4 is 11.0 Å². The number of fused-ring (bicyclic) bond motifs is 1. The van der Waals surface area contributed by atoms with Crippen molar-refractivity contribution < 1.29 is 4.42 Å². The summed E-state index contributed by atoms with van der Waals surface area (Å²) in [7, 11) is 0. The van der Waals surface area contributed by atoms with Crippen molar-refractivity contribution in [3.05, 3.63) is 70.5 Å². The summed E-state index contributed by atoms with van der Waals surface area (Å²) >= 11 is 0. The third-order valence-electron chi connectivity index (χ3n) is 3.95. The van der Waals surface area contributed by atoms with Crippen LogP contribution in [0.2, 0.25) is 0 Å². The van der Waals surface area contributed by atoms with E-state index in [1.54, 1.807) is 0 Å². The lowest BCUT2D eigenvalue weighted by Crippen LogP contribution is -2.13. The van der Waals surface area contributed by atoms with Gasteiger partial charge in [0.1, 0.15) is 11.3 Å². The van der Waals surface area contributed by atoms with Crippen LogP contribution in [0.25, 0.3) is 11.0 Å². The smallest absolute Gasteiger partial charge is 0.134 e. The Labute approximate surface area is 125 Å². The van der Waals surface area contributed by atoms with Crippen LogP contribution in [0.1, 0.15) is 41.0 Å². The first kappa shape index (κ1) is 13.9. The molecule has 0 aliphatic heterocycles. The van der Waals surface area contributed by atoms with Crippen molar-refractivity contribution in [2.45, 2.75) is 33.2 Å². The number of furan rings is 1. The van der Waals surface area contributed by atoms with Gasteiger partial charge in [-0.1, -0.05) is 54.4 Å². The van der Waals surface area contributed by atoms with Crippen LogP contribution in [-0.4, -0.2) is 0 Å². The van der Waals surface area contributed by atoms with Crippen molar-refractivity contribution in [1.29, 1.82) is 0 Å². The van der Waals surface area contributed by atoms with E-state index in [1.165, 1.54) is 11.1 Å². The minimum atomic E-state index is -0.151. The minimum absolute atomic E-state index is 0.151. The molecule has 0 aliphatic rings. The van der Waals surface area contributed by atoms with Crippen molar-refractivity contribution in [3.63, 3.8) is 0 Å². The molecule has 0 amide bonds. The van der Waals surface area contributed by atoms with E-state index in [9.17, 15) is 0 Å². The molecule has 0 saturated heterocycles. The van der Waals surface area contributed by atoms with Gasteiger partial charge >= 0.3 is 0 Å². The lowest BCUT2D eigenvalue weighted by Gasteiger charge is -2.14. The van der Waals surface area contributed by atoms with Gasteiger partial charge in [-0.25, -0.2) is 0 Å². The van der Waals surface area contributed by atoms with E-state index >= 15 is 0 Å². The topological polar surface area (TPSA) is 39.2 Å². The second kappa shape index (κ2) is 5.38. The monoisotopic (exact) mass is 279 g/mol. The predicted molar refractivity (Wildman–Crippen MR) is 87.5 cm³/mol. The maximum atomic E-state index is 6.58. The number of nitrogens with two attached hydrogens (primary N) is 1. The second-order valence-electron chi connectivity index (χ2n) is 5.69. The molecule has 1 unspecified atom stereocenters. The zero-order valence-corrected chi connectivity index (χ0v) is 12.8. The highest BCUT2D eigenvalue weighted by molar-refractivity contribution is 5.83. The number of para-hydroxylation sites is 1. The molecule has 2 heteroatoms. The molecule has 3 rings (SSSR count). The lowest BCUT2D eigenvalue weighted by atomic mass is 9.94. The Kier molecular flexibility index (Phi) is 3.56. The van der Waals surface area contributed by atoms with Gasteiger partial charge in [0.05, 0.1) is 6.04 Å². The molecule has 0 radical (unpaired) electrons. The lowest BCUT2D eigenvalue weighted by molar-refractivity contribution is 0.546. The Morgan fingerprint density at radius 2 is 1.71 bits per heavy atom. The van der Waals surface area contributed by atoms with Crippen LogP contribution in [0.4, 0.5) is 0 Å². The first-order valence-corrected chi connectivity index (χ1v) is 7.44. The summed E-state index contributed by atoms with van der Waals surface area (Å²) in [5, 5.41) is 1.13. The van der Waals surface area contributed by atoms with Crippen molar-refractivity contribution in [1.82, 2.24) is 0 Å². The Bertz CT molecular complexity index is 765. The Balaban J connectivity index is 2.18. The molecule has 1 atom stereocenters. The normalized spacial score (nSPS) is 12.8. The standard InChI is InChI=1S/C19H21NO/c1-4-16-18(15-7-5-6-8-17(15)21-16)19(20)14-10-12(2)9-13(3)11-14/h5-11,19H,4,20H2,1-3H3. The van der Waals surface area contributed by atoms with E-state index in [1.807, 2.05) is 18.2 Å². The van der Waals surface area contributed by atoms with Gasteiger partial charge in [0, 0.05) is 17.4 Å². The quantitative estimate of drug-likeness (QED) is 0.757. The number of aryl methyl sites for hydroxylation is 3. The highest BCUT2D eigenvalue weighted by Crippen LogP contribution is 2.33. The zero-order valence-electron chi connectivity index (χ0n) is 12.8. The van der Waals surface area contributed by atoms with Gasteiger partial charge in [0.25, 0.3) is 0 Å². The number of hydrogen-bond donors (Lipinski definition) is 1. The van der Waals surface area contributed by atoms with Gasteiger partial charge in [-0.3, -0.25) is 0 Å². The Morgan fingerprint density at radius 1 is 1.05 bits per heavy atom. The van der Waals surface area contributed by atoms with E-state index in [2.05, 4.69) is 45.0 Å². The third-order valence-corrected chi connectivity index (χ3v) is 3.95. The number of rotatable bonds is 3. The molecule has 108 valence electrons. The van der Waals surface area contributed by atoms with Crippen LogP contribution in [0.15, 0.2) is 46.9 Å². The largest absolute Gasteiger partial charge is 0.461 e. The molecule has 0 bridgehead atoms. The van der Waals surface area contributed by atoms with Gasteiger partial charge in [-0.2, -0.15) is 0 Å². The van der Waals surface area contributed by atoms with Gasteiger partial charge in [-0.05, 0) is 25.5 Å². The molecular formula is C19H21NO. The minimum Gasteiger partial charge on any atom is -0.461 e. The number of benzene rings is 2. The SMILES string of the molecule is CCc1oc2ccccc2c1C(N)c1cc(C)cc(C)c1. The van der Waals surface area contributed by atoms with Crippen molar-refractivity contribution in [2.75, 3.05) is 0 Å². The van der Waals surface area contributed by atoms with Gasteiger partial charge in [-0.15, -0.1) is 0 Å². The van der Waals surface area contributed by atoms with Crippen LogP contribution in [0, 0.1) is 13.8 Å². The van der Waals surface area contributed by atoms with Crippen molar-refractivity contribution in [3.8, 4) is 0 Å². The molecule has 0 fully saturated rings. The Morgan fingerprint density at radius 3 is 2.38 bits per heavy atom. The first-order chi connectivity index (χ1) is 10.1. The fourth-order valence-electron chi connectivity index (χ4n) is 3.08. The fraction of sp³-hybridized carbons (Fsp3) is 0.263. The van der Waals surface area contributed by atoms with E-state index < -0.39 is 0 Å². The average molecular weight is 279 g/mol. The highest BCUT2D eigenvalue weighted by Gasteiger charge is 2.20. The van der Waals surface area contributed by atoms with Crippen LogP contribution in [0.3, 0.4) is 0 Å². The molecule has 1 aromatic heterocycles.